The second kappa shape index (κ2) is 6.93. The zero-order valence-corrected chi connectivity index (χ0v) is 13.2. The maximum atomic E-state index is 10.5. The first kappa shape index (κ1) is 15.1. The topological polar surface area (TPSA) is 32.3 Å². The van der Waals surface area contributed by atoms with Crippen LogP contribution in [0.2, 0.25) is 0 Å². The van der Waals surface area contributed by atoms with Crippen LogP contribution in [0.1, 0.15) is 56.9 Å². The third-order valence-corrected chi connectivity index (χ3v) is 5.77. The van der Waals surface area contributed by atoms with Gasteiger partial charge in [0.25, 0.3) is 0 Å². The van der Waals surface area contributed by atoms with Gasteiger partial charge in [0.15, 0.2) is 0 Å². The third-order valence-electron chi connectivity index (χ3n) is 5.77. The van der Waals surface area contributed by atoms with E-state index < -0.39 is 0 Å². The summed E-state index contributed by atoms with van der Waals surface area (Å²) >= 11 is 0. The zero-order chi connectivity index (χ0) is 14.7. The Morgan fingerprint density at radius 3 is 2.67 bits per heavy atom. The lowest BCUT2D eigenvalue weighted by Crippen LogP contribution is -2.48. The van der Waals surface area contributed by atoms with Gasteiger partial charge in [-0.15, -0.1) is 0 Å². The standard InChI is InChI=1S/C19H29NO/c1-2-14-10-11-20-18(12-14)17-13-16(8-9-19(17)21)15-6-4-3-5-7-15/h3-7,14,16-21H,2,8-13H2,1H3. The van der Waals surface area contributed by atoms with E-state index in [9.17, 15) is 5.11 Å². The van der Waals surface area contributed by atoms with Crippen LogP contribution in [0.25, 0.3) is 0 Å². The number of aliphatic hydroxyl groups excluding tert-OH is 1. The summed E-state index contributed by atoms with van der Waals surface area (Å²) in [5.74, 6) is 1.90. The van der Waals surface area contributed by atoms with Crippen molar-refractivity contribution < 1.29 is 5.11 Å². The molecule has 2 heteroatoms. The van der Waals surface area contributed by atoms with Crippen LogP contribution in [0.5, 0.6) is 0 Å². The molecule has 1 aromatic carbocycles. The molecule has 21 heavy (non-hydrogen) atoms. The summed E-state index contributed by atoms with van der Waals surface area (Å²) in [6, 6.07) is 11.4. The van der Waals surface area contributed by atoms with E-state index in [0.29, 0.717) is 17.9 Å². The number of piperidine rings is 1. The van der Waals surface area contributed by atoms with Crippen molar-refractivity contribution in [2.45, 2.75) is 63.5 Å². The molecule has 2 aliphatic rings. The van der Waals surface area contributed by atoms with E-state index in [1.54, 1.807) is 0 Å². The summed E-state index contributed by atoms with van der Waals surface area (Å²) in [5.41, 5.74) is 1.46. The molecule has 2 nitrogen and oxygen atoms in total. The van der Waals surface area contributed by atoms with E-state index in [1.807, 2.05) is 0 Å². The first-order valence-electron chi connectivity index (χ1n) is 8.74. The van der Waals surface area contributed by atoms with Crippen molar-refractivity contribution in [3.63, 3.8) is 0 Å². The summed E-state index contributed by atoms with van der Waals surface area (Å²) in [7, 11) is 0. The van der Waals surface area contributed by atoms with E-state index in [-0.39, 0.29) is 6.10 Å². The Morgan fingerprint density at radius 1 is 1.10 bits per heavy atom. The fourth-order valence-corrected chi connectivity index (χ4v) is 4.38. The normalized spacial score (nSPS) is 37.3. The molecule has 1 aromatic rings. The first-order chi connectivity index (χ1) is 10.3. The van der Waals surface area contributed by atoms with E-state index in [2.05, 4.69) is 42.6 Å². The second-order valence-corrected chi connectivity index (χ2v) is 7.01. The lowest BCUT2D eigenvalue weighted by molar-refractivity contribution is 0.0289. The molecule has 0 radical (unpaired) electrons. The van der Waals surface area contributed by atoms with Crippen LogP contribution in [0.3, 0.4) is 0 Å². The van der Waals surface area contributed by atoms with Gasteiger partial charge in [0.2, 0.25) is 0 Å². The molecule has 5 unspecified atom stereocenters. The van der Waals surface area contributed by atoms with Crippen molar-refractivity contribution in [1.29, 1.82) is 0 Å². The molecule has 1 saturated heterocycles. The minimum Gasteiger partial charge on any atom is -0.393 e. The quantitative estimate of drug-likeness (QED) is 0.888. The maximum Gasteiger partial charge on any atom is 0.0583 e. The Balaban J connectivity index is 1.69. The molecular formula is C19H29NO. The van der Waals surface area contributed by atoms with E-state index >= 15 is 0 Å². The highest BCUT2D eigenvalue weighted by molar-refractivity contribution is 5.20. The molecule has 0 aromatic heterocycles. The molecule has 1 heterocycles. The number of hydrogen-bond donors (Lipinski definition) is 2. The highest BCUT2D eigenvalue weighted by atomic mass is 16.3. The van der Waals surface area contributed by atoms with Gasteiger partial charge in [-0.25, -0.2) is 0 Å². The number of rotatable bonds is 3. The van der Waals surface area contributed by atoms with Crippen molar-refractivity contribution in [1.82, 2.24) is 5.32 Å². The molecule has 1 aliphatic carbocycles. The molecule has 2 N–H and O–H groups in total. The highest BCUT2D eigenvalue weighted by Gasteiger charge is 2.37. The van der Waals surface area contributed by atoms with Crippen LogP contribution < -0.4 is 5.32 Å². The van der Waals surface area contributed by atoms with Gasteiger partial charge in [-0.2, -0.15) is 0 Å². The Labute approximate surface area is 129 Å². The summed E-state index contributed by atoms with van der Waals surface area (Å²) in [6.07, 6.45) is 6.95. The number of benzene rings is 1. The molecular weight excluding hydrogens is 258 g/mol. The van der Waals surface area contributed by atoms with Gasteiger partial charge in [-0.05, 0) is 56.0 Å². The van der Waals surface area contributed by atoms with Gasteiger partial charge in [0.1, 0.15) is 0 Å². The Hall–Kier alpha value is -0.860. The van der Waals surface area contributed by atoms with Gasteiger partial charge in [-0.3, -0.25) is 0 Å². The highest BCUT2D eigenvalue weighted by Crippen LogP contribution is 2.40. The Kier molecular flexibility index (Phi) is 4.97. The molecule has 3 rings (SSSR count). The van der Waals surface area contributed by atoms with E-state index in [1.165, 1.54) is 24.8 Å². The fraction of sp³-hybridized carbons (Fsp3) is 0.684. The minimum absolute atomic E-state index is 0.113. The first-order valence-corrected chi connectivity index (χ1v) is 8.74. The average Bonchev–Trinajstić information content (AvgIpc) is 2.56. The summed E-state index contributed by atoms with van der Waals surface area (Å²) in [5, 5.41) is 14.2. The maximum absolute atomic E-state index is 10.5. The summed E-state index contributed by atoms with van der Waals surface area (Å²) in [4.78, 5) is 0. The lowest BCUT2D eigenvalue weighted by Gasteiger charge is -2.42. The Morgan fingerprint density at radius 2 is 1.90 bits per heavy atom. The van der Waals surface area contributed by atoms with Crippen LogP contribution in [-0.4, -0.2) is 23.8 Å². The molecule has 0 bridgehead atoms. The molecule has 1 aliphatic heterocycles. The predicted molar refractivity (Wildman–Crippen MR) is 87.3 cm³/mol. The lowest BCUT2D eigenvalue weighted by atomic mass is 9.71. The molecule has 0 spiro atoms. The third kappa shape index (κ3) is 3.49. The molecule has 116 valence electrons. The van der Waals surface area contributed by atoms with Gasteiger partial charge in [0, 0.05) is 12.0 Å². The average molecular weight is 287 g/mol. The molecule has 0 amide bonds. The minimum atomic E-state index is -0.113. The van der Waals surface area contributed by atoms with Gasteiger partial charge >= 0.3 is 0 Å². The molecule has 2 fully saturated rings. The van der Waals surface area contributed by atoms with Crippen molar-refractivity contribution in [2.24, 2.45) is 11.8 Å². The second-order valence-electron chi connectivity index (χ2n) is 7.01. The summed E-state index contributed by atoms with van der Waals surface area (Å²) in [6.45, 7) is 3.43. The zero-order valence-electron chi connectivity index (χ0n) is 13.2. The van der Waals surface area contributed by atoms with Crippen LogP contribution in [-0.2, 0) is 0 Å². The number of aliphatic hydroxyl groups is 1. The number of hydrogen-bond acceptors (Lipinski definition) is 2. The van der Waals surface area contributed by atoms with E-state index in [0.717, 1.165) is 31.7 Å². The van der Waals surface area contributed by atoms with Crippen molar-refractivity contribution in [3.05, 3.63) is 35.9 Å². The van der Waals surface area contributed by atoms with Gasteiger partial charge in [0.05, 0.1) is 6.10 Å². The SMILES string of the molecule is CCC1CCNC(C2CC(c3ccccc3)CCC2O)C1. The van der Waals surface area contributed by atoms with Crippen molar-refractivity contribution >= 4 is 0 Å². The van der Waals surface area contributed by atoms with Gasteiger partial charge in [-0.1, -0.05) is 43.7 Å². The smallest absolute Gasteiger partial charge is 0.0583 e. The van der Waals surface area contributed by atoms with Crippen LogP contribution in [0.15, 0.2) is 30.3 Å². The van der Waals surface area contributed by atoms with Crippen LogP contribution in [0.4, 0.5) is 0 Å². The van der Waals surface area contributed by atoms with Crippen molar-refractivity contribution in [3.8, 4) is 0 Å². The summed E-state index contributed by atoms with van der Waals surface area (Å²) < 4.78 is 0. The largest absolute Gasteiger partial charge is 0.393 e. The van der Waals surface area contributed by atoms with Crippen molar-refractivity contribution in [2.75, 3.05) is 6.54 Å². The van der Waals surface area contributed by atoms with Gasteiger partial charge < -0.3 is 10.4 Å². The predicted octanol–water partition coefficient (Wildman–Crippen LogP) is 3.71. The van der Waals surface area contributed by atoms with Crippen LogP contribution >= 0.6 is 0 Å². The molecule has 1 saturated carbocycles. The monoisotopic (exact) mass is 287 g/mol. The number of nitrogens with one attached hydrogen (secondary N) is 1. The van der Waals surface area contributed by atoms with E-state index in [4.69, 9.17) is 0 Å². The Bertz CT molecular complexity index is 432. The molecule has 5 atom stereocenters. The van der Waals surface area contributed by atoms with Crippen LogP contribution in [0, 0.1) is 11.8 Å². The fourth-order valence-electron chi connectivity index (χ4n) is 4.38.